The van der Waals surface area contributed by atoms with Gasteiger partial charge in [-0.05, 0) is 45.0 Å². The number of likely N-dealkylation sites (tertiary alicyclic amines) is 1. The first-order valence-electron chi connectivity index (χ1n) is 6.81. The normalized spacial score (nSPS) is 21.6. The summed E-state index contributed by atoms with van der Waals surface area (Å²) in [7, 11) is 0. The Kier molecular flexibility index (Phi) is 3.04. The highest BCUT2D eigenvalue weighted by Crippen LogP contribution is 2.26. The summed E-state index contributed by atoms with van der Waals surface area (Å²) in [5, 5.41) is 0. The van der Waals surface area contributed by atoms with Crippen LogP contribution in [0.25, 0.3) is 11.2 Å². The molecule has 2 aromatic heterocycles. The van der Waals surface area contributed by atoms with Gasteiger partial charge in [0.15, 0.2) is 5.65 Å². The number of likely N-dealkylation sites (N-methyl/N-ethyl adjacent to an activating group) is 1. The van der Waals surface area contributed by atoms with Gasteiger partial charge in [0.2, 0.25) is 0 Å². The van der Waals surface area contributed by atoms with Gasteiger partial charge in [-0.15, -0.1) is 0 Å². The van der Waals surface area contributed by atoms with Crippen LogP contribution >= 0.6 is 0 Å². The molecule has 3 heterocycles. The number of piperidine rings is 1. The fourth-order valence-corrected chi connectivity index (χ4v) is 3.01. The quantitative estimate of drug-likeness (QED) is 0.813. The van der Waals surface area contributed by atoms with Crippen LogP contribution < -0.4 is 0 Å². The highest BCUT2D eigenvalue weighted by atomic mass is 15.2. The molecule has 1 unspecified atom stereocenters. The van der Waals surface area contributed by atoms with Crippen LogP contribution in [0, 0.1) is 6.92 Å². The van der Waals surface area contributed by atoms with Gasteiger partial charge in [0.05, 0.1) is 0 Å². The number of aryl methyl sites for hydroxylation is 1. The molecule has 1 fully saturated rings. The lowest BCUT2D eigenvalue weighted by molar-refractivity contribution is 0.186. The third-order valence-electron chi connectivity index (χ3n) is 3.92. The number of hydrogen-bond acceptors (Lipinski definition) is 3. The number of hydrogen-bond donors (Lipinski definition) is 0. The minimum atomic E-state index is 0.526. The Hall–Kier alpha value is -1.42. The summed E-state index contributed by atoms with van der Waals surface area (Å²) in [6, 6.07) is 4.53. The number of pyridine rings is 1. The minimum Gasteiger partial charge on any atom is -0.309 e. The molecule has 4 nitrogen and oxygen atoms in total. The van der Waals surface area contributed by atoms with Crippen molar-refractivity contribution in [2.24, 2.45) is 0 Å². The van der Waals surface area contributed by atoms with E-state index in [1.807, 2.05) is 18.3 Å². The molecule has 3 rings (SSSR count). The van der Waals surface area contributed by atoms with E-state index in [1.165, 1.54) is 19.4 Å². The van der Waals surface area contributed by atoms with Crippen molar-refractivity contribution in [1.29, 1.82) is 0 Å². The van der Waals surface area contributed by atoms with Crippen LogP contribution in [0.1, 0.15) is 31.6 Å². The first kappa shape index (κ1) is 11.7. The van der Waals surface area contributed by atoms with E-state index in [0.29, 0.717) is 6.04 Å². The number of nitrogens with zero attached hydrogens (tertiary/aromatic N) is 4. The SMILES string of the molecule is CCN1CCCC(n2c(C)nc3cccnc32)C1. The molecule has 4 heteroatoms. The fraction of sp³-hybridized carbons (Fsp3) is 0.571. The topological polar surface area (TPSA) is 34.0 Å². The van der Waals surface area contributed by atoms with Gasteiger partial charge in [-0.2, -0.15) is 0 Å². The smallest absolute Gasteiger partial charge is 0.160 e. The monoisotopic (exact) mass is 244 g/mol. The molecule has 1 aliphatic heterocycles. The lowest BCUT2D eigenvalue weighted by atomic mass is 10.1. The Balaban J connectivity index is 2.00. The lowest BCUT2D eigenvalue weighted by Crippen LogP contribution is -2.36. The summed E-state index contributed by atoms with van der Waals surface area (Å²) in [4.78, 5) is 11.6. The van der Waals surface area contributed by atoms with Gasteiger partial charge in [0.1, 0.15) is 11.3 Å². The van der Waals surface area contributed by atoms with Crippen LogP contribution in [0.3, 0.4) is 0 Å². The van der Waals surface area contributed by atoms with E-state index < -0.39 is 0 Å². The summed E-state index contributed by atoms with van der Waals surface area (Å²) in [6.45, 7) is 7.81. The largest absolute Gasteiger partial charge is 0.309 e. The van der Waals surface area contributed by atoms with Gasteiger partial charge in [-0.3, -0.25) is 0 Å². The van der Waals surface area contributed by atoms with Gasteiger partial charge in [0.25, 0.3) is 0 Å². The Labute approximate surface area is 108 Å². The third kappa shape index (κ3) is 1.90. The molecule has 2 aromatic rings. The van der Waals surface area contributed by atoms with Gasteiger partial charge in [0, 0.05) is 18.8 Å². The molecule has 0 amide bonds. The molecule has 0 aromatic carbocycles. The summed E-state index contributed by atoms with van der Waals surface area (Å²) < 4.78 is 2.33. The Morgan fingerprint density at radius 3 is 3.17 bits per heavy atom. The van der Waals surface area contributed by atoms with E-state index in [0.717, 1.165) is 30.1 Å². The summed E-state index contributed by atoms with van der Waals surface area (Å²) in [6.07, 6.45) is 4.37. The van der Waals surface area contributed by atoms with Gasteiger partial charge < -0.3 is 9.47 Å². The zero-order valence-corrected chi connectivity index (χ0v) is 11.1. The maximum atomic E-state index is 4.62. The van der Waals surface area contributed by atoms with E-state index in [-0.39, 0.29) is 0 Å². The summed E-state index contributed by atoms with van der Waals surface area (Å²) in [5.74, 6) is 1.09. The van der Waals surface area contributed by atoms with Crippen molar-refractivity contribution in [3.8, 4) is 0 Å². The molecule has 1 saturated heterocycles. The molecular weight excluding hydrogens is 224 g/mol. The molecule has 1 atom stereocenters. The van der Waals surface area contributed by atoms with Gasteiger partial charge in [-0.1, -0.05) is 6.92 Å². The highest BCUT2D eigenvalue weighted by molar-refractivity contribution is 5.71. The molecule has 1 aliphatic rings. The molecule has 96 valence electrons. The minimum absolute atomic E-state index is 0.526. The molecular formula is C14H20N4. The standard InChI is InChI=1S/C14H20N4/c1-3-17-9-5-6-12(10-17)18-11(2)16-13-7-4-8-15-14(13)18/h4,7-8,12H,3,5-6,9-10H2,1-2H3. The summed E-state index contributed by atoms with van der Waals surface area (Å²) >= 11 is 0. The van der Waals surface area contributed by atoms with Gasteiger partial charge >= 0.3 is 0 Å². The van der Waals surface area contributed by atoms with E-state index >= 15 is 0 Å². The maximum Gasteiger partial charge on any atom is 0.160 e. The molecule has 0 radical (unpaired) electrons. The molecule has 0 saturated carbocycles. The first-order valence-corrected chi connectivity index (χ1v) is 6.81. The molecule has 0 bridgehead atoms. The molecule has 0 spiro atoms. The second kappa shape index (κ2) is 4.69. The van der Waals surface area contributed by atoms with Gasteiger partial charge in [-0.25, -0.2) is 9.97 Å². The van der Waals surface area contributed by atoms with Crippen LogP contribution in [-0.2, 0) is 0 Å². The number of imidazole rings is 1. The first-order chi connectivity index (χ1) is 8.79. The summed E-state index contributed by atoms with van der Waals surface area (Å²) in [5.41, 5.74) is 2.06. The average molecular weight is 244 g/mol. The van der Waals surface area contributed by atoms with Crippen LogP contribution in [0.2, 0.25) is 0 Å². The lowest BCUT2D eigenvalue weighted by Gasteiger charge is -2.33. The number of fused-ring (bicyclic) bond motifs is 1. The van der Waals surface area contributed by atoms with Crippen LogP contribution in [0.15, 0.2) is 18.3 Å². The Bertz CT molecular complexity index is 546. The third-order valence-corrected chi connectivity index (χ3v) is 3.92. The number of aromatic nitrogens is 3. The van der Waals surface area contributed by atoms with Crippen LogP contribution in [-0.4, -0.2) is 39.1 Å². The van der Waals surface area contributed by atoms with Crippen LogP contribution in [0.4, 0.5) is 0 Å². The van der Waals surface area contributed by atoms with Crippen molar-refractivity contribution in [2.45, 2.75) is 32.7 Å². The van der Waals surface area contributed by atoms with Crippen molar-refractivity contribution in [1.82, 2.24) is 19.4 Å². The zero-order valence-electron chi connectivity index (χ0n) is 11.1. The van der Waals surface area contributed by atoms with Crippen molar-refractivity contribution in [3.05, 3.63) is 24.2 Å². The van der Waals surface area contributed by atoms with E-state index in [4.69, 9.17) is 0 Å². The maximum absolute atomic E-state index is 4.62. The van der Waals surface area contributed by atoms with E-state index in [9.17, 15) is 0 Å². The predicted molar refractivity (Wildman–Crippen MR) is 72.7 cm³/mol. The van der Waals surface area contributed by atoms with Crippen molar-refractivity contribution in [2.75, 3.05) is 19.6 Å². The van der Waals surface area contributed by atoms with Crippen molar-refractivity contribution in [3.63, 3.8) is 0 Å². The highest BCUT2D eigenvalue weighted by Gasteiger charge is 2.23. The molecule has 18 heavy (non-hydrogen) atoms. The zero-order chi connectivity index (χ0) is 12.5. The fourth-order valence-electron chi connectivity index (χ4n) is 3.01. The van der Waals surface area contributed by atoms with Crippen molar-refractivity contribution < 1.29 is 0 Å². The van der Waals surface area contributed by atoms with E-state index in [2.05, 4.69) is 33.3 Å². The van der Waals surface area contributed by atoms with E-state index in [1.54, 1.807) is 0 Å². The second-order valence-electron chi connectivity index (χ2n) is 5.06. The molecule has 0 aliphatic carbocycles. The predicted octanol–water partition coefficient (Wildman–Crippen LogP) is 2.40. The van der Waals surface area contributed by atoms with Crippen molar-refractivity contribution >= 4 is 11.2 Å². The number of rotatable bonds is 2. The van der Waals surface area contributed by atoms with Crippen LogP contribution in [0.5, 0.6) is 0 Å². The Morgan fingerprint density at radius 2 is 2.33 bits per heavy atom. The molecule has 0 N–H and O–H groups in total. The average Bonchev–Trinajstić information content (AvgIpc) is 2.74. The Morgan fingerprint density at radius 1 is 1.44 bits per heavy atom. The second-order valence-corrected chi connectivity index (χ2v) is 5.06.